The van der Waals surface area contributed by atoms with E-state index in [4.69, 9.17) is 14.9 Å². The van der Waals surface area contributed by atoms with Crippen molar-refractivity contribution in [3.8, 4) is 5.75 Å². The normalized spacial score (nSPS) is 12.6. The van der Waals surface area contributed by atoms with Crippen LogP contribution in [0.5, 0.6) is 5.75 Å². The second-order valence-corrected chi connectivity index (χ2v) is 4.64. The zero-order valence-electron chi connectivity index (χ0n) is 9.53. The smallest absolute Gasteiger partial charge is 0.119 e. The van der Waals surface area contributed by atoms with Crippen molar-refractivity contribution in [1.82, 2.24) is 0 Å². The van der Waals surface area contributed by atoms with Crippen molar-refractivity contribution in [2.75, 3.05) is 13.2 Å². The third-order valence-corrected chi connectivity index (χ3v) is 3.59. The molecule has 0 amide bonds. The van der Waals surface area contributed by atoms with Gasteiger partial charge < -0.3 is 14.9 Å². The van der Waals surface area contributed by atoms with Crippen LogP contribution in [0.15, 0.2) is 16.6 Å². The Balaban J connectivity index is 2.55. The number of aryl methyl sites for hydroxylation is 2. The molecule has 0 aliphatic heterocycles. The van der Waals surface area contributed by atoms with E-state index in [2.05, 4.69) is 15.9 Å². The minimum atomic E-state index is -0.697. The van der Waals surface area contributed by atoms with Gasteiger partial charge in [0.05, 0.1) is 19.3 Å². The molecule has 0 saturated heterocycles. The van der Waals surface area contributed by atoms with E-state index in [9.17, 15) is 0 Å². The minimum Gasteiger partial charge on any atom is -0.493 e. The fourth-order valence-corrected chi connectivity index (χ4v) is 1.62. The summed E-state index contributed by atoms with van der Waals surface area (Å²) in [5.74, 6) is 0.795. The molecule has 0 bridgehead atoms. The van der Waals surface area contributed by atoms with Gasteiger partial charge in [-0.2, -0.15) is 0 Å². The quantitative estimate of drug-likeness (QED) is 0.873. The van der Waals surface area contributed by atoms with Crippen LogP contribution in [-0.4, -0.2) is 29.5 Å². The third-order valence-electron chi connectivity index (χ3n) is 2.34. The van der Waals surface area contributed by atoms with Crippen molar-refractivity contribution in [2.45, 2.75) is 26.4 Å². The molecule has 3 nitrogen and oxygen atoms in total. The predicted molar refractivity (Wildman–Crippen MR) is 66.8 cm³/mol. The topological polar surface area (TPSA) is 49.7 Å². The monoisotopic (exact) mass is 288 g/mol. The average molecular weight is 289 g/mol. The second kappa shape index (κ2) is 6.23. The van der Waals surface area contributed by atoms with Crippen LogP contribution in [0.4, 0.5) is 0 Å². The summed E-state index contributed by atoms with van der Waals surface area (Å²) >= 11 is 3.49. The predicted octanol–water partition coefficient (Wildman–Crippen LogP) is 2.19. The standard InChI is InChI=1S/C12H17BrO3/c1-8-5-11(6-9(2)12(8)13)16-4-3-10(15)7-14/h5-6,10,14-15H,3-4,7H2,1-2H3. The van der Waals surface area contributed by atoms with E-state index >= 15 is 0 Å². The number of benzene rings is 1. The van der Waals surface area contributed by atoms with E-state index in [1.165, 1.54) is 0 Å². The van der Waals surface area contributed by atoms with Crippen LogP contribution in [0.3, 0.4) is 0 Å². The number of hydrogen-bond acceptors (Lipinski definition) is 3. The second-order valence-electron chi connectivity index (χ2n) is 3.84. The van der Waals surface area contributed by atoms with E-state index < -0.39 is 6.10 Å². The van der Waals surface area contributed by atoms with Crippen molar-refractivity contribution in [1.29, 1.82) is 0 Å². The Kier molecular flexibility index (Phi) is 5.25. The third kappa shape index (κ3) is 3.77. The van der Waals surface area contributed by atoms with E-state index in [1.807, 2.05) is 26.0 Å². The molecule has 1 rings (SSSR count). The summed E-state index contributed by atoms with van der Waals surface area (Å²) in [6, 6.07) is 3.89. The number of halogens is 1. The molecule has 0 spiro atoms. The molecule has 0 aliphatic rings. The first-order valence-electron chi connectivity index (χ1n) is 5.23. The number of aliphatic hydroxyl groups is 2. The fraction of sp³-hybridized carbons (Fsp3) is 0.500. The lowest BCUT2D eigenvalue weighted by atomic mass is 10.1. The lowest BCUT2D eigenvalue weighted by molar-refractivity contribution is 0.0754. The molecule has 1 unspecified atom stereocenters. The van der Waals surface area contributed by atoms with Gasteiger partial charge in [-0.05, 0) is 37.1 Å². The Morgan fingerprint density at radius 1 is 1.31 bits per heavy atom. The summed E-state index contributed by atoms with van der Waals surface area (Å²) in [5, 5.41) is 17.8. The number of aliphatic hydroxyl groups excluding tert-OH is 2. The van der Waals surface area contributed by atoms with Gasteiger partial charge in [-0.15, -0.1) is 0 Å². The van der Waals surface area contributed by atoms with Gasteiger partial charge in [-0.25, -0.2) is 0 Å². The van der Waals surface area contributed by atoms with Gasteiger partial charge in [0.25, 0.3) is 0 Å². The summed E-state index contributed by atoms with van der Waals surface area (Å²) in [6.07, 6.45) is -0.261. The van der Waals surface area contributed by atoms with Gasteiger partial charge in [0.15, 0.2) is 0 Å². The molecule has 90 valence electrons. The maximum atomic E-state index is 9.15. The molecule has 4 heteroatoms. The molecule has 0 radical (unpaired) electrons. The number of rotatable bonds is 5. The van der Waals surface area contributed by atoms with E-state index in [-0.39, 0.29) is 6.61 Å². The highest BCUT2D eigenvalue weighted by molar-refractivity contribution is 9.10. The maximum Gasteiger partial charge on any atom is 0.119 e. The Morgan fingerprint density at radius 3 is 2.38 bits per heavy atom. The zero-order chi connectivity index (χ0) is 12.1. The summed E-state index contributed by atoms with van der Waals surface area (Å²) in [7, 11) is 0. The molecule has 1 aromatic rings. The zero-order valence-corrected chi connectivity index (χ0v) is 11.1. The molecule has 1 aromatic carbocycles. The van der Waals surface area contributed by atoms with Crippen LogP contribution in [0, 0.1) is 13.8 Å². The van der Waals surface area contributed by atoms with E-state index in [0.717, 1.165) is 21.3 Å². The first-order chi connectivity index (χ1) is 7.54. The van der Waals surface area contributed by atoms with E-state index in [1.54, 1.807) is 0 Å². The van der Waals surface area contributed by atoms with Crippen LogP contribution >= 0.6 is 15.9 Å². The van der Waals surface area contributed by atoms with Gasteiger partial charge in [-0.1, -0.05) is 15.9 Å². The Bertz CT molecular complexity index is 329. The maximum absolute atomic E-state index is 9.15. The van der Waals surface area contributed by atoms with Gasteiger partial charge in [0.1, 0.15) is 5.75 Å². The minimum absolute atomic E-state index is 0.220. The summed E-state index contributed by atoms with van der Waals surface area (Å²) < 4.78 is 6.60. The molecular formula is C12H17BrO3. The number of hydrogen-bond donors (Lipinski definition) is 2. The van der Waals surface area contributed by atoms with Crippen molar-refractivity contribution >= 4 is 15.9 Å². The van der Waals surface area contributed by atoms with Gasteiger partial charge in [0.2, 0.25) is 0 Å². The van der Waals surface area contributed by atoms with Gasteiger partial charge >= 0.3 is 0 Å². The van der Waals surface area contributed by atoms with Crippen LogP contribution < -0.4 is 4.74 Å². The molecule has 0 aromatic heterocycles. The highest BCUT2D eigenvalue weighted by atomic mass is 79.9. The fourth-order valence-electron chi connectivity index (χ4n) is 1.39. The van der Waals surface area contributed by atoms with Crippen molar-refractivity contribution in [2.24, 2.45) is 0 Å². The first-order valence-corrected chi connectivity index (χ1v) is 6.02. The molecule has 1 atom stereocenters. The molecule has 0 fully saturated rings. The molecule has 2 N–H and O–H groups in total. The molecule has 0 aliphatic carbocycles. The van der Waals surface area contributed by atoms with Crippen LogP contribution in [0.25, 0.3) is 0 Å². The van der Waals surface area contributed by atoms with Crippen molar-refractivity contribution in [3.05, 3.63) is 27.7 Å². The van der Waals surface area contributed by atoms with Crippen molar-refractivity contribution < 1.29 is 14.9 Å². The van der Waals surface area contributed by atoms with Gasteiger partial charge in [0, 0.05) is 10.9 Å². The summed E-state index contributed by atoms with van der Waals surface area (Å²) in [6.45, 7) is 4.20. The number of ether oxygens (including phenoxy) is 1. The highest BCUT2D eigenvalue weighted by Crippen LogP contribution is 2.26. The van der Waals surface area contributed by atoms with Crippen LogP contribution in [0.2, 0.25) is 0 Å². The van der Waals surface area contributed by atoms with Crippen molar-refractivity contribution in [3.63, 3.8) is 0 Å². The first kappa shape index (κ1) is 13.5. The Morgan fingerprint density at radius 2 is 1.88 bits per heavy atom. The van der Waals surface area contributed by atoms with E-state index in [0.29, 0.717) is 13.0 Å². The van der Waals surface area contributed by atoms with Crippen LogP contribution in [0.1, 0.15) is 17.5 Å². The molecule has 16 heavy (non-hydrogen) atoms. The Hall–Kier alpha value is -0.580. The molecular weight excluding hydrogens is 272 g/mol. The molecule has 0 saturated carbocycles. The summed E-state index contributed by atoms with van der Waals surface area (Å²) in [4.78, 5) is 0. The lowest BCUT2D eigenvalue weighted by Crippen LogP contribution is -2.15. The SMILES string of the molecule is Cc1cc(OCCC(O)CO)cc(C)c1Br. The largest absolute Gasteiger partial charge is 0.493 e. The highest BCUT2D eigenvalue weighted by Gasteiger charge is 2.05. The Labute approximate surface area is 104 Å². The molecule has 0 heterocycles. The summed E-state index contributed by atoms with van der Waals surface area (Å²) in [5.41, 5.74) is 2.25. The van der Waals surface area contributed by atoms with Gasteiger partial charge in [-0.3, -0.25) is 0 Å². The average Bonchev–Trinajstić information content (AvgIpc) is 2.25. The lowest BCUT2D eigenvalue weighted by Gasteiger charge is -2.11. The van der Waals surface area contributed by atoms with Crippen LogP contribution in [-0.2, 0) is 0 Å².